The first-order chi connectivity index (χ1) is 14.0. The molecule has 4 rings (SSSR count). The van der Waals surface area contributed by atoms with Crippen molar-refractivity contribution in [3.8, 4) is 5.75 Å². The van der Waals surface area contributed by atoms with E-state index in [9.17, 15) is 18.7 Å². The first-order valence-corrected chi connectivity index (χ1v) is 9.89. The SMILES string of the molecule is O=C(NCC1CCOc2ccccc21)N1CCC(O)(c2c(F)cccc2F)CC1. The van der Waals surface area contributed by atoms with E-state index in [0.717, 1.165) is 29.9 Å². The van der Waals surface area contributed by atoms with Gasteiger partial charge in [0.2, 0.25) is 0 Å². The number of aliphatic hydroxyl groups is 1. The molecule has 0 aliphatic carbocycles. The number of likely N-dealkylation sites (tertiary alicyclic amines) is 1. The molecule has 1 unspecified atom stereocenters. The molecule has 2 heterocycles. The zero-order valence-corrected chi connectivity index (χ0v) is 16.0. The Morgan fingerprint density at radius 3 is 2.55 bits per heavy atom. The maximum absolute atomic E-state index is 14.1. The van der Waals surface area contributed by atoms with E-state index >= 15 is 0 Å². The van der Waals surface area contributed by atoms with Crippen LogP contribution < -0.4 is 10.1 Å². The number of amides is 2. The highest BCUT2D eigenvalue weighted by Crippen LogP contribution is 2.36. The number of hydrogen-bond donors (Lipinski definition) is 2. The summed E-state index contributed by atoms with van der Waals surface area (Å²) in [6.45, 7) is 1.55. The molecule has 1 saturated heterocycles. The molecule has 1 atom stereocenters. The zero-order chi connectivity index (χ0) is 20.4. The van der Waals surface area contributed by atoms with Crippen LogP contribution in [0.25, 0.3) is 0 Å². The number of benzene rings is 2. The zero-order valence-electron chi connectivity index (χ0n) is 16.0. The van der Waals surface area contributed by atoms with E-state index in [1.807, 2.05) is 24.3 Å². The van der Waals surface area contributed by atoms with Gasteiger partial charge in [0.1, 0.15) is 17.4 Å². The number of piperidine rings is 1. The van der Waals surface area contributed by atoms with Crippen molar-refractivity contribution < 1.29 is 23.4 Å². The van der Waals surface area contributed by atoms with Crippen molar-refractivity contribution in [3.63, 3.8) is 0 Å². The van der Waals surface area contributed by atoms with Gasteiger partial charge in [-0.25, -0.2) is 13.6 Å². The van der Waals surface area contributed by atoms with Gasteiger partial charge in [-0.15, -0.1) is 0 Å². The summed E-state index contributed by atoms with van der Waals surface area (Å²) < 4.78 is 33.8. The summed E-state index contributed by atoms with van der Waals surface area (Å²) in [4.78, 5) is 14.2. The van der Waals surface area contributed by atoms with Crippen LogP contribution >= 0.6 is 0 Å². The molecule has 29 heavy (non-hydrogen) atoms. The minimum atomic E-state index is -1.61. The Morgan fingerprint density at radius 1 is 1.14 bits per heavy atom. The van der Waals surface area contributed by atoms with Crippen LogP contribution in [0.4, 0.5) is 13.6 Å². The Bertz CT molecular complexity index is 877. The fourth-order valence-electron chi connectivity index (χ4n) is 4.22. The second-order valence-electron chi connectivity index (χ2n) is 7.67. The minimum Gasteiger partial charge on any atom is -0.493 e. The third-order valence-electron chi connectivity index (χ3n) is 5.89. The van der Waals surface area contributed by atoms with E-state index in [1.54, 1.807) is 4.90 Å². The van der Waals surface area contributed by atoms with Gasteiger partial charge < -0.3 is 20.1 Å². The average molecular weight is 402 g/mol. The summed E-state index contributed by atoms with van der Waals surface area (Å²) in [6.07, 6.45) is 0.986. The highest BCUT2D eigenvalue weighted by Gasteiger charge is 2.39. The monoisotopic (exact) mass is 402 g/mol. The normalized spacial score (nSPS) is 20.5. The molecule has 2 aromatic rings. The third kappa shape index (κ3) is 3.92. The molecule has 2 aromatic carbocycles. The van der Waals surface area contributed by atoms with Gasteiger partial charge in [0.15, 0.2) is 0 Å². The first-order valence-electron chi connectivity index (χ1n) is 9.89. The fraction of sp³-hybridized carbons (Fsp3) is 0.409. The molecule has 1 fully saturated rings. The van der Waals surface area contributed by atoms with Crippen LogP contribution in [0.2, 0.25) is 0 Å². The summed E-state index contributed by atoms with van der Waals surface area (Å²) in [6, 6.07) is 11.1. The van der Waals surface area contributed by atoms with E-state index in [4.69, 9.17) is 4.74 Å². The lowest BCUT2D eigenvalue weighted by atomic mass is 9.84. The molecule has 0 spiro atoms. The Labute approximate surface area is 168 Å². The molecule has 0 radical (unpaired) electrons. The van der Waals surface area contributed by atoms with Crippen LogP contribution in [-0.2, 0) is 5.60 Å². The van der Waals surface area contributed by atoms with Gasteiger partial charge >= 0.3 is 6.03 Å². The lowest BCUT2D eigenvalue weighted by molar-refractivity contribution is -0.0223. The standard InChI is InChI=1S/C22H24F2N2O3/c23-17-5-3-6-18(24)20(17)22(28)9-11-26(12-10-22)21(27)25-14-15-8-13-29-19-7-2-1-4-16(15)19/h1-7,15,28H,8-14H2,(H,25,27). The van der Waals surface area contributed by atoms with Crippen LogP contribution in [0.1, 0.15) is 36.3 Å². The second kappa shape index (κ2) is 7.99. The molecule has 5 nitrogen and oxygen atoms in total. The fourth-order valence-corrected chi connectivity index (χ4v) is 4.22. The number of fused-ring (bicyclic) bond motifs is 1. The number of rotatable bonds is 3. The van der Waals surface area contributed by atoms with Crippen LogP contribution in [0.15, 0.2) is 42.5 Å². The minimum absolute atomic E-state index is 0.0817. The summed E-state index contributed by atoms with van der Waals surface area (Å²) in [5.41, 5.74) is -0.827. The maximum atomic E-state index is 14.1. The Hall–Kier alpha value is -2.67. The highest BCUT2D eigenvalue weighted by molar-refractivity contribution is 5.74. The Morgan fingerprint density at radius 2 is 1.83 bits per heavy atom. The van der Waals surface area contributed by atoms with Crippen molar-refractivity contribution >= 4 is 6.03 Å². The van der Waals surface area contributed by atoms with Crippen LogP contribution in [0.3, 0.4) is 0 Å². The largest absolute Gasteiger partial charge is 0.493 e. The second-order valence-corrected chi connectivity index (χ2v) is 7.67. The summed E-state index contributed by atoms with van der Waals surface area (Å²) in [7, 11) is 0. The van der Waals surface area contributed by atoms with Crippen molar-refractivity contribution in [2.75, 3.05) is 26.2 Å². The number of nitrogens with one attached hydrogen (secondary N) is 1. The molecule has 7 heteroatoms. The van der Waals surface area contributed by atoms with Gasteiger partial charge in [0.25, 0.3) is 0 Å². The van der Waals surface area contributed by atoms with E-state index in [0.29, 0.717) is 13.2 Å². The van der Waals surface area contributed by atoms with Crippen molar-refractivity contribution in [3.05, 3.63) is 65.2 Å². The summed E-state index contributed by atoms with van der Waals surface area (Å²) in [5, 5.41) is 13.7. The maximum Gasteiger partial charge on any atom is 0.317 e. The van der Waals surface area contributed by atoms with Crippen molar-refractivity contribution in [1.82, 2.24) is 10.2 Å². The molecule has 0 aromatic heterocycles. The van der Waals surface area contributed by atoms with Gasteiger partial charge in [-0.2, -0.15) is 0 Å². The third-order valence-corrected chi connectivity index (χ3v) is 5.89. The molecule has 0 bridgehead atoms. The molecule has 2 aliphatic rings. The predicted octanol–water partition coefficient (Wildman–Crippen LogP) is 3.52. The smallest absolute Gasteiger partial charge is 0.317 e. The van der Waals surface area contributed by atoms with E-state index in [-0.39, 0.29) is 43.4 Å². The molecule has 2 aliphatic heterocycles. The molecule has 0 saturated carbocycles. The van der Waals surface area contributed by atoms with Crippen LogP contribution in [0, 0.1) is 11.6 Å². The van der Waals surface area contributed by atoms with Crippen molar-refractivity contribution in [1.29, 1.82) is 0 Å². The van der Waals surface area contributed by atoms with Gasteiger partial charge in [-0.3, -0.25) is 0 Å². The van der Waals surface area contributed by atoms with Crippen molar-refractivity contribution in [2.45, 2.75) is 30.8 Å². The lowest BCUT2D eigenvalue weighted by Gasteiger charge is -2.38. The first kappa shape index (κ1) is 19.6. The quantitative estimate of drug-likeness (QED) is 0.826. The van der Waals surface area contributed by atoms with Gasteiger partial charge in [0.05, 0.1) is 17.8 Å². The number of nitrogens with zero attached hydrogens (tertiary/aromatic N) is 1. The predicted molar refractivity (Wildman–Crippen MR) is 104 cm³/mol. The number of urea groups is 1. The van der Waals surface area contributed by atoms with E-state index in [2.05, 4.69) is 5.32 Å². The highest BCUT2D eigenvalue weighted by atomic mass is 19.1. The molecule has 2 N–H and O–H groups in total. The Balaban J connectivity index is 1.35. The van der Waals surface area contributed by atoms with Crippen LogP contribution in [0.5, 0.6) is 5.75 Å². The van der Waals surface area contributed by atoms with Crippen molar-refractivity contribution in [2.24, 2.45) is 0 Å². The summed E-state index contributed by atoms with van der Waals surface area (Å²) in [5.74, 6) is -0.488. The average Bonchev–Trinajstić information content (AvgIpc) is 2.72. The number of ether oxygens (including phenoxy) is 1. The number of para-hydroxylation sites is 1. The Kier molecular flexibility index (Phi) is 5.41. The van der Waals surface area contributed by atoms with Gasteiger partial charge in [-0.05, 0) is 43.0 Å². The number of halogens is 2. The van der Waals surface area contributed by atoms with E-state index < -0.39 is 17.2 Å². The molecule has 154 valence electrons. The lowest BCUT2D eigenvalue weighted by Crippen LogP contribution is -2.49. The van der Waals surface area contributed by atoms with Crippen LogP contribution in [-0.4, -0.2) is 42.3 Å². The van der Waals surface area contributed by atoms with Gasteiger partial charge in [0, 0.05) is 25.6 Å². The number of carbonyl (C=O) groups is 1. The molecular formula is C22H24F2N2O3. The summed E-state index contributed by atoms with van der Waals surface area (Å²) >= 11 is 0. The molecule has 2 amide bonds. The topological polar surface area (TPSA) is 61.8 Å². The number of carbonyl (C=O) groups excluding carboxylic acids is 1. The molecular weight excluding hydrogens is 378 g/mol. The van der Waals surface area contributed by atoms with Gasteiger partial charge in [-0.1, -0.05) is 24.3 Å². The number of hydrogen-bond acceptors (Lipinski definition) is 3. The van der Waals surface area contributed by atoms with E-state index in [1.165, 1.54) is 6.07 Å².